The van der Waals surface area contributed by atoms with Gasteiger partial charge in [0.05, 0.1) is 19.7 Å². The number of hydrogen-bond donors (Lipinski definition) is 1. The van der Waals surface area contributed by atoms with Crippen LogP contribution in [0, 0.1) is 5.82 Å². The van der Waals surface area contributed by atoms with Crippen LogP contribution in [0.5, 0.6) is 0 Å². The van der Waals surface area contributed by atoms with Crippen molar-refractivity contribution in [2.75, 3.05) is 32.8 Å². The van der Waals surface area contributed by atoms with Crippen molar-refractivity contribution >= 4 is 17.8 Å². The van der Waals surface area contributed by atoms with Gasteiger partial charge in [-0.1, -0.05) is 12.1 Å². The molecule has 23 heavy (non-hydrogen) atoms. The van der Waals surface area contributed by atoms with E-state index in [-0.39, 0.29) is 30.9 Å². The van der Waals surface area contributed by atoms with Gasteiger partial charge < -0.3 is 15.0 Å². The van der Waals surface area contributed by atoms with Crippen LogP contribution in [-0.4, -0.2) is 60.4 Å². The molecule has 8 heteroatoms. The minimum Gasteiger partial charge on any atom is -0.370 e. The summed E-state index contributed by atoms with van der Waals surface area (Å²) in [5.41, 5.74) is 0.777. The Morgan fingerprint density at radius 1 is 1.30 bits per heavy atom. The highest BCUT2D eigenvalue weighted by molar-refractivity contribution is 6.04. The smallest absolute Gasteiger partial charge is 0.325 e. The zero-order valence-corrected chi connectivity index (χ0v) is 12.3. The summed E-state index contributed by atoms with van der Waals surface area (Å²) in [4.78, 5) is 37.8. The number of imide groups is 1. The minimum atomic E-state index is -0.549. The van der Waals surface area contributed by atoms with Gasteiger partial charge in [-0.15, -0.1) is 0 Å². The average Bonchev–Trinajstić information content (AvgIpc) is 2.87. The molecule has 1 aromatic rings. The first-order valence-corrected chi connectivity index (χ1v) is 7.27. The van der Waals surface area contributed by atoms with Crippen LogP contribution in [0.1, 0.15) is 11.7 Å². The van der Waals surface area contributed by atoms with Gasteiger partial charge in [-0.2, -0.15) is 0 Å². The highest BCUT2D eigenvalue weighted by Gasteiger charge is 2.33. The number of rotatable bonds is 3. The molecule has 1 atom stereocenters. The Labute approximate surface area is 132 Å². The van der Waals surface area contributed by atoms with E-state index in [2.05, 4.69) is 5.32 Å². The van der Waals surface area contributed by atoms with E-state index in [1.54, 1.807) is 17.0 Å². The SMILES string of the molecule is O=C(CN1C(=O)CNC1=O)N1CCOC(c2ccc(F)cc2)C1. The Morgan fingerprint density at radius 3 is 2.70 bits per heavy atom. The first-order chi connectivity index (χ1) is 11.0. The molecule has 4 amide bonds. The Bertz CT molecular complexity index is 618. The van der Waals surface area contributed by atoms with E-state index >= 15 is 0 Å². The zero-order chi connectivity index (χ0) is 16.4. The first kappa shape index (κ1) is 15.4. The van der Waals surface area contributed by atoms with Crippen LogP contribution in [0.15, 0.2) is 24.3 Å². The second-order valence-corrected chi connectivity index (χ2v) is 5.39. The van der Waals surface area contributed by atoms with Crippen LogP contribution in [0.25, 0.3) is 0 Å². The van der Waals surface area contributed by atoms with Gasteiger partial charge in [-0.25, -0.2) is 9.18 Å². The van der Waals surface area contributed by atoms with E-state index in [4.69, 9.17) is 4.74 Å². The van der Waals surface area contributed by atoms with Gasteiger partial charge in [0.25, 0.3) is 5.91 Å². The summed E-state index contributed by atoms with van der Waals surface area (Å²) in [5.74, 6) is -1.06. The maximum atomic E-state index is 13.0. The molecule has 3 rings (SSSR count). The van der Waals surface area contributed by atoms with Crippen molar-refractivity contribution in [3.05, 3.63) is 35.6 Å². The Morgan fingerprint density at radius 2 is 2.04 bits per heavy atom. The molecule has 0 bridgehead atoms. The normalized spacial score (nSPS) is 21.5. The lowest BCUT2D eigenvalue weighted by atomic mass is 10.1. The first-order valence-electron chi connectivity index (χ1n) is 7.27. The number of urea groups is 1. The van der Waals surface area contributed by atoms with Gasteiger partial charge in [0, 0.05) is 6.54 Å². The summed E-state index contributed by atoms with van der Waals surface area (Å²) < 4.78 is 18.6. The number of nitrogens with one attached hydrogen (secondary N) is 1. The topological polar surface area (TPSA) is 79.0 Å². The van der Waals surface area contributed by atoms with Crippen molar-refractivity contribution in [3.8, 4) is 0 Å². The maximum absolute atomic E-state index is 13.0. The van der Waals surface area contributed by atoms with Crippen molar-refractivity contribution in [1.29, 1.82) is 0 Å². The summed E-state index contributed by atoms with van der Waals surface area (Å²) in [6.45, 7) is 0.677. The number of halogens is 1. The second kappa shape index (κ2) is 6.33. The Kier molecular flexibility index (Phi) is 4.24. The third-order valence-electron chi connectivity index (χ3n) is 3.89. The molecule has 2 fully saturated rings. The number of benzene rings is 1. The Balaban J connectivity index is 1.63. The third-order valence-corrected chi connectivity index (χ3v) is 3.89. The lowest BCUT2D eigenvalue weighted by Crippen LogP contribution is -2.48. The fourth-order valence-electron chi connectivity index (χ4n) is 2.61. The van der Waals surface area contributed by atoms with E-state index in [1.165, 1.54) is 12.1 Å². The number of nitrogens with zero attached hydrogens (tertiary/aromatic N) is 2. The predicted octanol–water partition coefficient (Wildman–Crippen LogP) is 0.277. The number of carbonyl (C=O) groups excluding carboxylic acids is 3. The highest BCUT2D eigenvalue weighted by Crippen LogP contribution is 2.22. The average molecular weight is 321 g/mol. The van der Waals surface area contributed by atoms with Crippen molar-refractivity contribution in [2.24, 2.45) is 0 Å². The number of amides is 4. The predicted molar refractivity (Wildman–Crippen MR) is 76.8 cm³/mol. The van der Waals surface area contributed by atoms with Gasteiger partial charge >= 0.3 is 6.03 Å². The molecule has 0 saturated carbocycles. The van der Waals surface area contributed by atoms with E-state index < -0.39 is 11.9 Å². The number of hydrogen-bond acceptors (Lipinski definition) is 4. The van der Waals surface area contributed by atoms with Crippen molar-refractivity contribution in [2.45, 2.75) is 6.10 Å². The summed E-state index contributed by atoms with van der Waals surface area (Å²) in [6, 6.07) is 5.36. The summed E-state index contributed by atoms with van der Waals surface area (Å²) in [6.07, 6.45) is -0.351. The molecule has 2 aliphatic rings. The monoisotopic (exact) mass is 321 g/mol. The molecule has 1 unspecified atom stereocenters. The number of carbonyl (C=O) groups is 3. The molecular weight excluding hydrogens is 305 g/mol. The van der Waals surface area contributed by atoms with Gasteiger partial charge in [0.15, 0.2) is 0 Å². The molecular formula is C15H16FN3O4. The van der Waals surface area contributed by atoms with Gasteiger partial charge in [-0.3, -0.25) is 14.5 Å². The summed E-state index contributed by atoms with van der Waals surface area (Å²) in [7, 11) is 0. The highest BCUT2D eigenvalue weighted by atomic mass is 19.1. The van der Waals surface area contributed by atoms with Gasteiger partial charge in [0.1, 0.15) is 18.5 Å². The molecule has 7 nitrogen and oxygen atoms in total. The fourth-order valence-corrected chi connectivity index (χ4v) is 2.61. The minimum absolute atomic E-state index is 0.0760. The summed E-state index contributed by atoms with van der Waals surface area (Å²) in [5, 5.41) is 2.37. The number of morpholine rings is 1. The van der Waals surface area contributed by atoms with Crippen LogP contribution in [0.2, 0.25) is 0 Å². The molecule has 1 aromatic carbocycles. The third kappa shape index (κ3) is 3.31. The lowest BCUT2D eigenvalue weighted by molar-refractivity contribution is -0.142. The van der Waals surface area contributed by atoms with Gasteiger partial charge in [-0.05, 0) is 17.7 Å². The number of ether oxygens (including phenoxy) is 1. The summed E-state index contributed by atoms with van der Waals surface area (Å²) >= 11 is 0. The van der Waals surface area contributed by atoms with Crippen molar-refractivity contribution < 1.29 is 23.5 Å². The van der Waals surface area contributed by atoms with Crippen LogP contribution in [-0.2, 0) is 14.3 Å². The van der Waals surface area contributed by atoms with Crippen LogP contribution >= 0.6 is 0 Å². The van der Waals surface area contributed by atoms with E-state index in [9.17, 15) is 18.8 Å². The fraction of sp³-hybridized carbons (Fsp3) is 0.400. The molecule has 0 aliphatic carbocycles. The van der Waals surface area contributed by atoms with E-state index in [1.807, 2.05) is 0 Å². The second-order valence-electron chi connectivity index (χ2n) is 5.39. The van der Waals surface area contributed by atoms with Crippen LogP contribution in [0.4, 0.5) is 9.18 Å². The Hall–Kier alpha value is -2.48. The van der Waals surface area contributed by atoms with Gasteiger partial charge in [0.2, 0.25) is 5.91 Å². The molecule has 2 aliphatic heterocycles. The quantitative estimate of drug-likeness (QED) is 0.811. The van der Waals surface area contributed by atoms with Crippen LogP contribution in [0.3, 0.4) is 0 Å². The lowest BCUT2D eigenvalue weighted by Gasteiger charge is -2.33. The molecule has 1 N–H and O–H groups in total. The van der Waals surface area contributed by atoms with Crippen molar-refractivity contribution in [1.82, 2.24) is 15.1 Å². The molecule has 0 spiro atoms. The molecule has 2 saturated heterocycles. The maximum Gasteiger partial charge on any atom is 0.325 e. The molecule has 122 valence electrons. The zero-order valence-electron chi connectivity index (χ0n) is 12.3. The van der Waals surface area contributed by atoms with E-state index in [0.29, 0.717) is 19.7 Å². The molecule has 2 heterocycles. The largest absolute Gasteiger partial charge is 0.370 e. The van der Waals surface area contributed by atoms with Crippen molar-refractivity contribution in [3.63, 3.8) is 0 Å². The van der Waals surface area contributed by atoms with Crippen LogP contribution < -0.4 is 5.32 Å². The molecule has 0 radical (unpaired) electrons. The standard InChI is InChI=1S/C15H16FN3O4/c16-11-3-1-10(2-4-11)12-8-18(5-6-23-12)14(21)9-19-13(20)7-17-15(19)22/h1-4,12H,5-9H2,(H,17,22). The van der Waals surface area contributed by atoms with E-state index in [0.717, 1.165) is 10.5 Å². The molecule has 0 aromatic heterocycles.